The fourth-order valence-corrected chi connectivity index (χ4v) is 6.09. The van der Waals surface area contributed by atoms with E-state index in [1.807, 2.05) is 34.9 Å². The van der Waals surface area contributed by atoms with Crippen LogP contribution in [0.2, 0.25) is 0 Å². The number of thioether (sulfide) groups is 2. The number of thiophene rings is 1. The van der Waals surface area contributed by atoms with Crippen LogP contribution in [-0.2, 0) is 10.7 Å². The molecule has 0 amide bonds. The van der Waals surface area contributed by atoms with Crippen LogP contribution in [0.1, 0.15) is 9.75 Å². The first kappa shape index (κ1) is 12.4. The molecule has 0 saturated carbocycles. The minimum Gasteiger partial charge on any atom is -0.141 e. The summed E-state index contributed by atoms with van der Waals surface area (Å²) in [5.41, 5.74) is 0. The fraction of sp³-hybridized carbons (Fsp3) is 0.500. The molecule has 0 spiro atoms. The van der Waals surface area contributed by atoms with E-state index >= 15 is 0 Å². The lowest BCUT2D eigenvalue weighted by atomic mass is 10.4. The summed E-state index contributed by atoms with van der Waals surface area (Å²) in [6.45, 7) is 0. The van der Waals surface area contributed by atoms with Gasteiger partial charge in [0.25, 0.3) is 0 Å². The summed E-state index contributed by atoms with van der Waals surface area (Å²) in [7, 11) is 0. The molecule has 0 unspecified atom stereocenters. The van der Waals surface area contributed by atoms with Gasteiger partial charge in [-0.15, -0.1) is 34.9 Å². The standard InChI is InChI=1S/C8H10Br2S3/c1-11-7-5(3-9)13-6(4-10)8(7)12-2/h3-4H2,1-2H3. The van der Waals surface area contributed by atoms with Crippen molar-refractivity contribution in [2.24, 2.45) is 0 Å². The normalized spacial score (nSPS) is 10.8. The highest BCUT2D eigenvalue weighted by atomic mass is 79.9. The van der Waals surface area contributed by atoms with Crippen molar-refractivity contribution in [2.75, 3.05) is 12.5 Å². The van der Waals surface area contributed by atoms with Gasteiger partial charge >= 0.3 is 0 Å². The lowest BCUT2D eigenvalue weighted by molar-refractivity contribution is 1.21. The predicted molar refractivity (Wildman–Crippen MR) is 73.1 cm³/mol. The van der Waals surface area contributed by atoms with Gasteiger partial charge in [0.1, 0.15) is 0 Å². The smallest absolute Gasteiger partial charge is 0.0389 e. The molecule has 0 aliphatic rings. The molecule has 0 aromatic carbocycles. The maximum atomic E-state index is 3.53. The zero-order valence-electron chi connectivity index (χ0n) is 7.39. The lowest BCUT2D eigenvalue weighted by Gasteiger charge is -2.00. The van der Waals surface area contributed by atoms with E-state index in [9.17, 15) is 0 Å². The molecule has 0 radical (unpaired) electrons. The summed E-state index contributed by atoms with van der Waals surface area (Å²) in [6, 6.07) is 0. The molecular weight excluding hydrogens is 352 g/mol. The molecule has 0 aliphatic heterocycles. The largest absolute Gasteiger partial charge is 0.141 e. The third kappa shape index (κ3) is 2.68. The van der Waals surface area contributed by atoms with Crippen LogP contribution in [0.5, 0.6) is 0 Å². The Kier molecular flexibility index (Phi) is 5.79. The predicted octanol–water partition coefficient (Wildman–Crippen LogP) is 4.98. The van der Waals surface area contributed by atoms with Gasteiger partial charge in [0.05, 0.1) is 0 Å². The molecule has 0 nitrogen and oxygen atoms in total. The van der Waals surface area contributed by atoms with Gasteiger partial charge in [-0.1, -0.05) is 31.9 Å². The molecule has 0 N–H and O–H groups in total. The number of alkyl halides is 2. The lowest BCUT2D eigenvalue weighted by Crippen LogP contribution is -1.77. The number of hydrogen-bond donors (Lipinski definition) is 0. The van der Waals surface area contributed by atoms with Crippen LogP contribution in [0.4, 0.5) is 0 Å². The summed E-state index contributed by atoms with van der Waals surface area (Å²) >= 11 is 12.6. The van der Waals surface area contributed by atoms with E-state index in [1.54, 1.807) is 0 Å². The van der Waals surface area contributed by atoms with E-state index in [4.69, 9.17) is 0 Å². The Bertz CT molecular complexity index is 257. The molecule has 74 valence electrons. The van der Waals surface area contributed by atoms with Crippen LogP contribution < -0.4 is 0 Å². The van der Waals surface area contributed by atoms with E-state index in [-0.39, 0.29) is 0 Å². The van der Waals surface area contributed by atoms with Crippen molar-refractivity contribution >= 4 is 66.7 Å². The molecule has 0 bridgehead atoms. The van der Waals surface area contributed by atoms with Crippen molar-refractivity contribution < 1.29 is 0 Å². The van der Waals surface area contributed by atoms with Gasteiger partial charge in [-0.3, -0.25) is 0 Å². The maximum absolute atomic E-state index is 3.53. The number of rotatable bonds is 4. The Morgan fingerprint density at radius 1 is 1.00 bits per heavy atom. The topological polar surface area (TPSA) is 0 Å². The SMILES string of the molecule is CSc1c(CBr)sc(CBr)c1SC. The second kappa shape index (κ2) is 6.05. The quantitative estimate of drug-likeness (QED) is 0.547. The van der Waals surface area contributed by atoms with Gasteiger partial charge in [0.2, 0.25) is 0 Å². The highest BCUT2D eigenvalue weighted by Gasteiger charge is 2.14. The van der Waals surface area contributed by atoms with Crippen molar-refractivity contribution in [3.63, 3.8) is 0 Å². The van der Waals surface area contributed by atoms with Gasteiger partial charge < -0.3 is 0 Å². The summed E-state index contributed by atoms with van der Waals surface area (Å²) < 4.78 is 0. The minimum atomic E-state index is 0.967. The van der Waals surface area contributed by atoms with Gasteiger partial charge in [0, 0.05) is 30.2 Å². The highest BCUT2D eigenvalue weighted by molar-refractivity contribution is 9.09. The Morgan fingerprint density at radius 3 is 1.62 bits per heavy atom. The molecule has 1 rings (SSSR count). The highest BCUT2D eigenvalue weighted by Crippen LogP contribution is 2.42. The first-order valence-corrected chi connectivity index (χ1v) is 9.13. The zero-order chi connectivity index (χ0) is 9.84. The molecule has 13 heavy (non-hydrogen) atoms. The van der Waals surface area contributed by atoms with E-state index in [2.05, 4.69) is 44.4 Å². The zero-order valence-corrected chi connectivity index (χ0v) is 13.0. The van der Waals surface area contributed by atoms with E-state index in [0.717, 1.165) is 10.7 Å². The van der Waals surface area contributed by atoms with Crippen molar-refractivity contribution in [3.8, 4) is 0 Å². The van der Waals surface area contributed by atoms with Crippen LogP contribution >= 0.6 is 66.7 Å². The Labute approximate surface area is 109 Å². The molecule has 0 saturated heterocycles. The van der Waals surface area contributed by atoms with Gasteiger partial charge in [-0.25, -0.2) is 0 Å². The van der Waals surface area contributed by atoms with Crippen LogP contribution in [0.25, 0.3) is 0 Å². The fourth-order valence-electron chi connectivity index (χ4n) is 1.08. The molecule has 1 aromatic heterocycles. The molecule has 1 aromatic rings. The van der Waals surface area contributed by atoms with Gasteiger partial charge in [0.15, 0.2) is 0 Å². The molecule has 0 fully saturated rings. The Hall–Kier alpha value is 1.36. The van der Waals surface area contributed by atoms with Gasteiger partial charge in [-0.05, 0) is 12.5 Å². The van der Waals surface area contributed by atoms with Crippen LogP contribution in [-0.4, -0.2) is 12.5 Å². The van der Waals surface area contributed by atoms with Crippen molar-refractivity contribution in [3.05, 3.63) is 9.75 Å². The summed E-state index contributed by atoms with van der Waals surface area (Å²) in [6.07, 6.45) is 4.29. The van der Waals surface area contributed by atoms with E-state index < -0.39 is 0 Å². The van der Waals surface area contributed by atoms with Crippen LogP contribution in [0, 0.1) is 0 Å². The Balaban J connectivity index is 3.17. The first-order valence-electron chi connectivity index (χ1n) is 3.62. The maximum Gasteiger partial charge on any atom is 0.0389 e. The number of halogens is 2. The molecule has 0 aliphatic carbocycles. The summed E-state index contributed by atoms with van der Waals surface area (Å²) in [4.78, 5) is 5.80. The summed E-state index contributed by atoms with van der Waals surface area (Å²) in [5.74, 6) is 0. The van der Waals surface area contributed by atoms with Crippen molar-refractivity contribution in [2.45, 2.75) is 20.5 Å². The average molecular weight is 362 g/mol. The third-order valence-corrected chi connectivity index (χ3v) is 6.77. The average Bonchev–Trinajstić information content (AvgIpc) is 2.54. The van der Waals surface area contributed by atoms with E-state index in [0.29, 0.717) is 0 Å². The first-order chi connectivity index (χ1) is 6.28. The monoisotopic (exact) mass is 360 g/mol. The third-order valence-electron chi connectivity index (χ3n) is 1.61. The van der Waals surface area contributed by atoms with E-state index in [1.165, 1.54) is 19.5 Å². The Morgan fingerprint density at radius 2 is 1.38 bits per heavy atom. The molecule has 1 heterocycles. The van der Waals surface area contributed by atoms with Crippen molar-refractivity contribution in [1.82, 2.24) is 0 Å². The van der Waals surface area contributed by atoms with Crippen molar-refractivity contribution in [1.29, 1.82) is 0 Å². The van der Waals surface area contributed by atoms with Crippen LogP contribution in [0.3, 0.4) is 0 Å². The second-order valence-corrected chi connectivity index (χ2v) is 6.23. The summed E-state index contributed by atoms with van der Waals surface area (Å²) in [5, 5.41) is 1.93. The van der Waals surface area contributed by atoms with Gasteiger partial charge in [-0.2, -0.15) is 0 Å². The minimum absolute atomic E-state index is 0.967. The molecular formula is C8H10Br2S3. The second-order valence-electron chi connectivity index (χ2n) is 2.28. The number of hydrogen-bond acceptors (Lipinski definition) is 3. The molecule has 5 heteroatoms. The molecule has 0 atom stereocenters. The van der Waals surface area contributed by atoms with Crippen LogP contribution in [0.15, 0.2) is 9.79 Å².